The van der Waals surface area contributed by atoms with Gasteiger partial charge in [-0.3, -0.25) is 0 Å². The Morgan fingerprint density at radius 1 is 1.47 bits per heavy atom. The summed E-state index contributed by atoms with van der Waals surface area (Å²) in [5, 5.41) is 3.90. The number of aromatic nitrogens is 2. The highest BCUT2D eigenvalue weighted by molar-refractivity contribution is 4.93. The second-order valence-corrected chi connectivity index (χ2v) is 3.78. The standard InChI is InChI=1S/C10H19N3O2/c1-7(4-5-11)10-12-9(13-15-10)6-8(2)14-3/h7-8H,4-6,11H2,1-3H3. The molecule has 0 radical (unpaired) electrons. The molecule has 5 nitrogen and oxygen atoms in total. The summed E-state index contributed by atoms with van der Waals surface area (Å²) in [6, 6.07) is 0. The molecule has 2 atom stereocenters. The van der Waals surface area contributed by atoms with Crippen molar-refractivity contribution in [1.29, 1.82) is 0 Å². The highest BCUT2D eigenvalue weighted by Gasteiger charge is 2.14. The summed E-state index contributed by atoms with van der Waals surface area (Å²) in [6.45, 7) is 4.64. The molecule has 0 bridgehead atoms. The van der Waals surface area contributed by atoms with Crippen LogP contribution in [0, 0.1) is 0 Å². The Balaban J connectivity index is 2.55. The van der Waals surface area contributed by atoms with Gasteiger partial charge in [0.2, 0.25) is 5.89 Å². The SMILES string of the molecule is COC(C)Cc1noc(C(C)CCN)n1. The maximum Gasteiger partial charge on any atom is 0.229 e. The number of methoxy groups -OCH3 is 1. The number of nitrogens with zero attached hydrogens (tertiary/aromatic N) is 2. The van der Waals surface area contributed by atoms with Gasteiger partial charge in [-0.05, 0) is 19.9 Å². The maximum atomic E-state index is 5.47. The van der Waals surface area contributed by atoms with Gasteiger partial charge in [0.1, 0.15) is 0 Å². The molecule has 15 heavy (non-hydrogen) atoms. The van der Waals surface area contributed by atoms with Crippen molar-refractivity contribution in [2.24, 2.45) is 5.73 Å². The van der Waals surface area contributed by atoms with Gasteiger partial charge in [-0.2, -0.15) is 4.98 Å². The van der Waals surface area contributed by atoms with Crippen molar-refractivity contribution >= 4 is 0 Å². The Bertz CT molecular complexity index is 288. The fraction of sp³-hybridized carbons (Fsp3) is 0.800. The van der Waals surface area contributed by atoms with Crippen LogP contribution in [-0.2, 0) is 11.2 Å². The van der Waals surface area contributed by atoms with E-state index in [4.69, 9.17) is 15.0 Å². The second-order valence-electron chi connectivity index (χ2n) is 3.78. The molecular formula is C10H19N3O2. The van der Waals surface area contributed by atoms with Crippen molar-refractivity contribution in [3.8, 4) is 0 Å². The van der Waals surface area contributed by atoms with Crippen LogP contribution < -0.4 is 5.73 Å². The lowest BCUT2D eigenvalue weighted by Crippen LogP contribution is -2.10. The Morgan fingerprint density at radius 2 is 2.20 bits per heavy atom. The third-order valence-corrected chi connectivity index (χ3v) is 2.38. The zero-order valence-corrected chi connectivity index (χ0v) is 9.56. The van der Waals surface area contributed by atoms with Crippen LogP contribution in [0.15, 0.2) is 4.52 Å². The van der Waals surface area contributed by atoms with Gasteiger partial charge in [0.25, 0.3) is 0 Å². The number of nitrogens with two attached hydrogens (primary N) is 1. The molecule has 2 unspecified atom stereocenters. The molecule has 0 spiro atoms. The van der Waals surface area contributed by atoms with E-state index in [1.54, 1.807) is 7.11 Å². The molecule has 5 heteroatoms. The summed E-state index contributed by atoms with van der Waals surface area (Å²) in [5.74, 6) is 1.59. The lowest BCUT2D eigenvalue weighted by atomic mass is 10.1. The van der Waals surface area contributed by atoms with Crippen molar-refractivity contribution in [2.45, 2.75) is 38.7 Å². The number of hydrogen-bond donors (Lipinski definition) is 1. The number of hydrogen-bond acceptors (Lipinski definition) is 5. The van der Waals surface area contributed by atoms with E-state index in [0.717, 1.165) is 6.42 Å². The van der Waals surface area contributed by atoms with E-state index in [2.05, 4.69) is 10.1 Å². The molecule has 1 aromatic rings. The van der Waals surface area contributed by atoms with Crippen LogP contribution in [0.25, 0.3) is 0 Å². The van der Waals surface area contributed by atoms with Crippen LogP contribution in [0.1, 0.15) is 37.9 Å². The molecule has 0 saturated heterocycles. The van der Waals surface area contributed by atoms with Gasteiger partial charge in [0.15, 0.2) is 5.82 Å². The number of rotatable bonds is 6. The molecule has 0 aliphatic rings. The Labute approximate surface area is 90.0 Å². The van der Waals surface area contributed by atoms with E-state index in [9.17, 15) is 0 Å². The predicted octanol–water partition coefficient (Wildman–Crippen LogP) is 1.10. The quantitative estimate of drug-likeness (QED) is 0.766. The summed E-state index contributed by atoms with van der Waals surface area (Å²) in [7, 11) is 1.67. The van der Waals surface area contributed by atoms with Crippen LogP contribution in [0.5, 0.6) is 0 Å². The Kier molecular flexibility index (Phi) is 4.71. The van der Waals surface area contributed by atoms with Gasteiger partial charge in [0, 0.05) is 19.4 Å². The zero-order valence-electron chi connectivity index (χ0n) is 9.56. The zero-order chi connectivity index (χ0) is 11.3. The average molecular weight is 213 g/mol. The molecular weight excluding hydrogens is 194 g/mol. The summed E-state index contributed by atoms with van der Waals surface area (Å²) >= 11 is 0. The minimum atomic E-state index is 0.111. The largest absolute Gasteiger partial charge is 0.381 e. The van der Waals surface area contributed by atoms with Gasteiger partial charge in [-0.25, -0.2) is 0 Å². The van der Waals surface area contributed by atoms with Crippen LogP contribution in [0.4, 0.5) is 0 Å². The summed E-state index contributed by atoms with van der Waals surface area (Å²) in [5.41, 5.74) is 5.47. The predicted molar refractivity (Wildman–Crippen MR) is 56.6 cm³/mol. The van der Waals surface area contributed by atoms with Gasteiger partial charge in [-0.15, -0.1) is 0 Å². The van der Waals surface area contributed by atoms with Gasteiger partial charge in [-0.1, -0.05) is 12.1 Å². The van der Waals surface area contributed by atoms with E-state index in [0.29, 0.717) is 24.7 Å². The smallest absolute Gasteiger partial charge is 0.229 e. The van der Waals surface area contributed by atoms with Crippen LogP contribution in [-0.4, -0.2) is 29.9 Å². The summed E-state index contributed by atoms with van der Waals surface area (Å²) in [6.07, 6.45) is 1.65. The fourth-order valence-corrected chi connectivity index (χ4v) is 1.26. The van der Waals surface area contributed by atoms with Crippen molar-refractivity contribution in [2.75, 3.05) is 13.7 Å². The third kappa shape index (κ3) is 3.60. The number of ether oxygens (including phenoxy) is 1. The van der Waals surface area contributed by atoms with Gasteiger partial charge < -0.3 is 15.0 Å². The van der Waals surface area contributed by atoms with Crippen LogP contribution >= 0.6 is 0 Å². The summed E-state index contributed by atoms with van der Waals surface area (Å²) < 4.78 is 10.3. The fourth-order valence-electron chi connectivity index (χ4n) is 1.26. The van der Waals surface area contributed by atoms with Crippen molar-refractivity contribution in [3.63, 3.8) is 0 Å². The summed E-state index contributed by atoms with van der Waals surface area (Å²) in [4.78, 5) is 4.30. The van der Waals surface area contributed by atoms with Crippen LogP contribution in [0.3, 0.4) is 0 Å². The van der Waals surface area contributed by atoms with Gasteiger partial charge in [0.05, 0.1) is 6.10 Å². The Hall–Kier alpha value is -0.940. The first kappa shape index (κ1) is 12.1. The first-order valence-corrected chi connectivity index (χ1v) is 5.22. The highest BCUT2D eigenvalue weighted by atomic mass is 16.5. The monoisotopic (exact) mass is 213 g/mol. The minimum Gasteiger partial charge on any atom is -0.381 e. The van der Waals surface area contributed by atoms with E-state index < -0.39 is 0 Å². The average Bonchev–Trinajstić information content (AvgIpc) is 2.66. The molecule has 1 aromatic heterocycles. The lowest BCUT2D eigenvalue weighted by molar-refractivity contribution is 0.116. The molecule has 1 heterocycles. The molecule has 0 saturated carbocycles. The van der Waals surface area contributed by atoms with Crippen molar-refractivity contribution in [3.05, 3.63) is 11.7 Å². The highest BCUT2D eigenvalue weighted by Crippen LogP contribution is 2.16. The van der Waals surface area contributed by atoms with E-state index in [-0.39, 0.29) is 12.0 Å². The van der Waals surface area contributed by atoms with Crippen molar-refractivity contribution in [1.82, 2.24) is 10.1 Å². The van der Waals surface area contributed by atoms with E-state index in [1.807, 2.05) is 13.8 Å². The first-order valence-electron chi connectivity index (χ1n) is 5.22. The third-order valence-electron chi connectivity index (χ3n) is 2.38. The molecule has 1 rings (SSSR count). The molecule has 0 amide bonds. The molecule has 0 fully saturated rings. The molecule has 0 aliphatic carbocycles. The molecule has 0 aromatic carbocycles. The first-order chi connectivity index (χ1) is 7.17. The maximum absolute atomic E-state index is 5.47. The molecule has 2 N–H and O–H groups in total. The molecule has 86 valence electrons. The van der Waals surface area contributed by atoms with Crippen molar-refractivity contribution < 1.29 is 9.26 Å². The second kappa shape index (κ2) is 5.82. The molecule has 0 aliphatic heterocycles. The normalized spacial score (nSPS) is 15.2. The lowest BCUT2D eigenvalue weighted by Gasteiger charge is -2.04. The van der Waals surface area contributed by atoms with E-state index >= 15 is 0 Å². The van der Waals surface area contributed by atoms with Gasteiger partial charge >= 0.3 is 0 Å². The topological polar surface area (TPSA) is 74.2 Å². The van der Waals surface area contributed by atoms with Crippen LogP contribution in [0.2, 0.25) is 0 Å². The Morgan fingerprint density at radius 3 is 2.80 bits per heavy atom. The minimum absolute atomic E-state index is 0.111. The van der Waals surface area contributed by atoms with E-state index in [1.165, 1.54) is 0 Å².